The lowest BCUT2D eigenvalue weighted by atomic mass is 10.1. The Balaban J connectivity index is 2.02. The Morgan fingerprint density at radius 2 is 2.00 bits per heavy atom. The number of nitrogens with zero attached hydrogens (tertiary/aromatic N) is 4. The van der Waals surface area contributed by atoms with Crippen molar-refractivity contribution in [2.24, 2.45) is 5.73 Å². The molecule has 0 saturated heterocycles. The minimum absolute atomic E-state index is 0.0109. The van der Waals surface area contributed by atoms with Crippen LogP contribution in [0.4, 0.5) is 0 Å². The van der Waals surface area contributed by atoms with Crippen molar-refractivity contribution in [2.45, 2.75) is 6.92 Å². The molecule has 0 aliphatic carbocycles. The molecule has 1 aromatic carbocycles. The number of hydrogen-bond donors (Lipinski definition) is 2. The highest BCUT2D eigenvalue weighted by molar-refractivity contribution is 7.80. The number of thiocarbonyl (C=S) groups is 1. The fraction of sp³-hybridized carbons (Fsp3) is 0.0588. The first-order valence-corrected chi connectivity index (χ1v) is 7.98. The van der Waals surface area contributed by atoms with Crippen molar-refractivity contribution in [2.75, 3.05) is 5.43 Å². The van der Waals surface area contributed by atoms with Crippen LogP contribution in [0.15, 0.2) is 53.6 Å². The molecule has 0 radical (unpaired) electrons. The largest absolute Gasteiger partial charge is 0.375 e. The molecule has 0 bridgehead atoms. The number of benzene rings is 1. The molecule has 0 saturated carbocycles. The monoisotopic (exact) mass is 350 g/mol. The molecule has 7 nitrogen and oxygen atoms in total. The molecule has 0 fully saturated rings. The van der Waals surface area contributed by atoms with Crippen molar-refractivity contribution >= 4 is 33.9 Å². The Labute approximate surface area is 147 Å². The summed E-state index contributed by atoms with van der Waals surface area (Å²) in [5.74, 6) is 0. The first kappa shape index (κ1) is 15.3. The average molecular weight is 350 g/mol. The maximum atomic E-state index is 12.6. The van der Waals surface area contributed by atoms with Gasteiger partial charge >= 0.3 is 0 Å². The van der Waals surface area contributed by atoms with E-state index >= 15 is 0 Å². The van der Waals surface area contributed by atoms with Crippen LogP contribution >= 0.6 is 12.2 Å². The van der Waals surface area contributed by atoms with E-state index in [1.807, 2.05) is 37.3 Å². The molecule has 4 aromatic rings. The van der Waals surface area contributed by atoms with Crippen molar-refractivity contribution in [3.63, 3.8) is 0 Å². The highest BCUT2D eigenvalue weighted by atomic mass is 32.1. The Morgan fingerprint density at radius 3 is 2.72 bits per heavy atom. The average Bonchev–Trinajstić information content (AvgIpc) is 2.94. The van der Waals surface area contributed by atoms with E-state index < -0.39 is 0 Å². The molecule has 0 spiro atoms. The van der Waals surface area contributed by atoms with Gasteiger partial charge in [-0.2, -0.15) is 5.10 Å². The van der Waals surface area contributed by atoms with Crippen LogP contribution in [0.25, 0.3) is 27.7 Å². The number of fused-ring (bicyclic) bond motifs is 3. The third-order valence-electron chi connectivity index (χ3n) is 3.98. The lowest BCUT2D eigenvalue weighted by Gasteiger charge is -2.08. The van der Waals surface area contributed by atoms with Crippen LogP contribution in [-0.2, 0) is 0 Å². The van der Waals surface area contributed by atoms with Crippen LogP contribution in [0, 0.1) is 6.92 Å². The summed E-state index contributed by atoms with van der Waals surface area (Å²) in [4.78, 5) is 17.1. The Morgan fingerprint density at radius 1 is 1.24 bits per heavy atom. The summed E-state index contributed by atoms with van der Waals surface area (Å²) in [5.41, 5.74) is 12.0. The Hall–Kier alpha value is -3.26. The minimum Gasteiger partial charge on any atom is -0.375 e. The number of aryl methyl sites for hydroxylation is 1. The zero-order chi connectivity index (χ0) is 17.6. The molecule has 0 aliphatic rings. The molecule has 0 atom stereocenters. The number of pyridine rings is 1. The normalized spacial score (nSPS) is 11.1. The molecule has 3 N–H and O–H groups in total. The summed E-state index contributed by atoms with van der Waals surface area (Å²) in [6.45, 7) is 1.93. The molecule has 0 aliphatic heterocycles. The maximum absolute atomic E-state index is 12.6. The van der Waals surface area contributed by atoms with E-state index in [1.54, 1.807) is 23.0 Å². The van der Waals surface area contributed by atoms with Crippen LogP contribution in [0.1, 0.15) is 5.69 Å². The molecule has 0 unspecified atom stereocenters. The second-order valence-electron chi connectivity index (χ2n) is 5.59. The fourth-order valence-corrected chi connectivity index (χ4v) is 3.02. The van der Waals surface area contributed by atoms with Crippen molar-refractivity contribution in [1.82, 2.24) is 19.3 Å². The first-order chi connectivity index (χ1) is 12.1. The number of rotatable bonds is 2. The SMILES string of the molecule is Cc1nn2c(ncc3c(=O)n(NC(N)=S)ccc32)c1-c1ccccc1. The zero-order valence-electron chi connectivity index (χ0n) is 13.3. The number of hydrogen-bond acceptors (Lipinski definition) is 4. The number of nitrogens with two attached hydrogens (primary N) is 1. The van der Waals surface area contributed by atoms with Gasteiger partial charge < -0.3 is 5.73 Å². The van der Waals surface area contributed by atoms with E-state index in [2.05, 4.69) is 15.5 Å². The van der Waals surface area contributed by atoms with Crippen LogP contribution in [0.3, 0.4) is 0 Å². The topological polar surface area (TPSA) is 90.2 Å². The maximum Gasteiger partial charge on any atom is 0.280 e. The molecule has 8 heteroatoms. The van der Waals surface area contributed by atoms with E-state index in [9.17, 15) is 4.79 Å². The van der Waals surface area contributed by atoms with E-state index in [0.717, 1.165) is 16.8 Å². The van der Waals surface area contributed by atoms with E-state index in [0.29, 0.717) is 16.6 Å². The van der Waals surface area contributed by atoms with Gasteiger partial charge in [-0.25, -0.2) is 14.2 Å². The number of aromatic nitrogens is 4. The van der Waals surface area contributed by atoms with Crippen LogP contribution in [0.5, 0.6) is 0 Å². The summed E-state index contributed by atoms with van der Waals surface area (Å²) < 4.78 is 2.92. The summed E-state index contributed by atoms with van der Waals surface area (Å²) in [7, 11) is 0. The summed E-state index contributed by atoms with van der Waals surface area (Å²) in [6.07, 6.45) is 3.13. The van der Waals surface area contributed by atoms with E-state index in [-0.39, 0.29) is 10.7 Å². The van der Waals surface area contributed by atoms with E-state index in [1.165, 1.54) is 4.68 Å². The molecule has 4 rings (SSSR count). The van der Waals surface area contributed by atoms with Gasteiger partial charge in [-0.05, 0) is 30.8 Å². The van der Waals surface area contributed by atoms with Gasteiger partial charge in [0.25, 0.3) is 5.56 Å². The quantitative estimate of drug-likeness (QED) is 0.536. The smallest absolute Gasteiger partial charge is 0.280 e. The number of nitrogens with one attached hydrogen (secondary N) is 1. The van der Waals surface area contributed by atoms with E-state index in [4.69, 9.17) is 18.0 Å². The van der Waals surface area contributed by atoms with Crippen LogP contribution < -0.4 is 16.7 Å². The lowest BCUT2D eigenvalue weighted by Crippen LogP contribution is -2.35. The molecular weight excluding hydrogens is 336 g/mol. The van der Waals surface area contributed by atoms with Gasteiger partial charge in [0.1, 0.15) is 0 Å². The highest BCUT2D eigenvalue weighted by Gasteiger charge is 2.16. The van der Waals surface area contributed by atoms with Gasteiger partial charge in [0.05, 0.1) is 16.6 Å². The Kier molecular flexibility index (Phi) is 3.47. The van der Waals surface area contributed by atoms with Gasteiger partial charge in [-0.1, -0.05) is 30.3 Å². The molecule has 3 heterocycles. The fourth-order valence-electron chi connectivity index (χ4n) is 2.93. The standard InChI is InChI=1S/C17H14N6OS/c1-10-14(11-5-3-2-4-6-11)15-19-9-12-13(23(15)20-10)7-8-22(16(12)24)21-17(18)25/h2-9H,1H3,(H3,18,21,25). The molecular formula is C17H14N6OS. The van der Waals surface area contributed by atoms with Crippen molar-refractivity contribution < 1.29 is 0 Å². The second kappa shape index (κ2) is 5.67. The van der Waals surface area contributed by atoms with Crippen LogP contribution in [-0.4, -0.2) is 24.4 Å². The summed E-state index contributed by atoms with van der Waals surface area (Å²) in [6, 6.07) is 11.7. The highest BCUT2D eigenvalue weighted by Crippen LogP contribution is 2.28. The predicted octanol–water partition coefficient (Wildman–Crippen LogP) is 1.81. The molecule has 0 amide bonds. The second-order valence-corrected chi connectivity index (χ2v) is 6.03. The molecule has 3 aromatic heterocycles. The lowest BCUT2D eigenvalue weighted by molar-refractivity contribution is 0.909. The van der Waals surface area contributed by atoms with Gasteiger partial charge in [0.2, 0.25) is 0 Å². The third kappa shape index (κ3) is 2.43. The van der Waals surface area contributed by atoms with Gasteiger partial charge in [-0.3, -0.25) is 10.2 Å². The summed E-state index contributed by atoms with van der Waals surface area (Å²) >= 11 is 4.79. The molecule has 25 heavy (non-hydrogen) atoms. The van der Waals surface area contributed by atoms with Crippen molar-refractivity contribution in [3.8, 4) is 11.1 Å². The van der Waals surface area contributed by atoms with Gasteiger partial charge in [-0.15, -0.1) is 0 Å². The van der Waals surface area contributed by atoms with Crippen molar-refractivity contribution in [3.05, 3.63) is 64.8 Å². The third-order valence-corrected chi connectivity index (χ3v) is 4.07. The zero-order valence-corrected chi connectivity index (χ0v) is 14.1. The van der Waals surface area contributed by atoms with Crippen molar-refractivity contribution in [1.29, 1.82) is 0 Å². The molecule has 124 valence electrons. The van der Waals surface area contributed by atoms with Gasteiger partial charge in [0, 0.05) is 18.0 Å². The Bertz CT molecular complexity index is 1180. The van der Waals surface area contributed by atoms with Gasteiger partial charge in [0.15, 0.2) is 10.8 Å². The first-order valence-electron chi connectivity index (χ1n) is 7.58. The predicted molar refractivity (Wildman–Crippen MR) is 101 cm³/mol. The summed E-state index contributed by atoms with van der Waals surface area (Å²) in [5, 5.41) is 5.01. The van der Waals surface area contributed by atoms with Crippen LogP contribution in [0.2, 0.25) is 0 Å². The minimum atomic E-state index is -0.297.